The van der Waals surface area contributed by atoms with Gasteiger partial charge < -0.3 is 29.4 Å². The second-order valence-electron chi connectivity index (χ2n) is 8.25. The van der Waals surface area contributed by atoms with Gasteiger partial charge >= 0.3 is 11.7 Å². The third-order valence-electron chi connectivity index (χ3n) is 6.15. The molecule has 1 amide bonds. The van der Waals surface area contributed by atoms with E-state index in [0.29, 0.717) is 0 Å². The molecule has 33 heavy (non-hydrogen) atoms. The third-order valence-corrected chi connectivity index (χ3v) is 6.15. The first-order chi connectivity index (χ1) is 15.6. The summed E-state index contributed by atoms with van der Waals surface area (Å²) in [6, 6.07) is 1.19. The molecular weight excluding hydrogens is 438 g/mol. The topological polar surface area (TPSA) is 161 Å². The van der Waals surface area contributed by atoms with Crippen LogP contribution in [0.2, 0.25) is 0 Å². The average Bonchev–Trinajstić information content (AvgIpc) is 3.09. The number of H-pyrrole nitrogens is 1. The van der Waals surface area contributed by atoms with Gasteiger partial charge in [0.25, 0.3) is 5.56 Å². The van der Waals surface area contributed by atoms with E-state index in [1.807, 2.05) is 13.8 Å². The van der Waals surface area contributed by atoms with Gasteiger partial charge in [-0.3, -0.25) is 19.1 Å². The fourth-order valence-electron chi connectivity index (χ4n) is 4.09. The fourth-order valence-corrected chi connectivity index (χ4v) is 4.09. The molecule has 8 unspecified atom stereocenters. The third kappa shape index (κ3) is 4.87. The second-order valence-corrected chi connectivity index (χ2v) is 8.25. The van der Waals surface area contributed by atoms with Crippen LogP contribution >= 0.6 is 0 Å². The summed E-state index contributed by atoms with van der Waals surface area (Å²) in [6.45, 7) is 5.48. The second kappa shape index (κ2) is 9.89. The van der Waals surface area contributed by atoms with Crippen LogP contribution in [0, 0.1) is 17.8 Å². The smallest absolute Gasteiger partial charge is 0.373 e. The van der Waals surface area contributed by atoms with Gasteiger partial charge in [-0.15, -0.1) is 0 Å². The largest absolute Gasteiger partial charge is 0.463 e. The number of nitrogens with two attached hydrogens (primary N) is 1. The minimum atomic E-state index is -1.32. The number of hydrogen-bond acceptors (Lipinski definition) is 9. The van der Waals surface area contributed by atoms with Crippen molar-refractivity contribution in [3.05, 3.63) is 44.9 Å². The lowest BCUT2D eigenvalue weighted by Crippen LogP contribution is -2.50. The standard InChI is InChI=1S/C21H29N3O9/c1-9-8-12(19(27)30-5)31-20(10(9)2)33-16(17(22)26)15-14(29-4)11(3)18(32-15)24-7-6-13(25)23-21(24)28/h6-11,14-16,18,20H,1-5H3,(H2,22,26)(H,23,25,28). The minimum absolute atomic E-state index is 0.0296. The van der Waals surface area contributed by atoms with Crippen LogP contribution in [0.5, 0.6) is 0 Å². The van der Waals surface area contributed by atoms with Crippen molar-refractivity contribution in [1.29, 1.82) is 0 Å². The molecule has 1 aromatic rings. The van der Waals surface area contributed by atoms with E-state index in [0.717, 1.165) is 0 Å². The molecule has 0 radical (unpaired) electrons. The molecule has 3 rings (SSSR count). The lowest BCUT2D eigenvalue weighted by Gasteiger charge is -2.36. The highest BCUT2D eigenvalue weighted by molar-refractivity contribution is 5.86. The Bertz CT molecular complexity index is 1030. The highest BCUT2D eigenvalue weighted by atomic mass is 16.7. The number of ether oxygens (including phenoxy) is 5. The summed E-state index contributed by atoms with van der Waals surface area (Å²) < 4.78 is 29.2. The summed E-state index contributed by atoms with van der Waals surface area (Å²) in [5.74, 6) is -2.31. The van der Waals surface area contributed by atoms with Crippen LogP contribution < -0.4 is 17.0 Å². The molecular formula is C21H29N3O9. The summed E-state index contributed by atoms with van der Waals surface area (Å²) in [5, 5.41) is 0. The van der Waals surface area contributed by atoms with Gasteiger partial charge in [0.2, 0.25) is 18.0 Å². The van der Waals surface area contributed by atoms with Gasteiger partial charge in [0.05, 0.1) is 13.2 Å². The van der Waals surface area contributed by atoms with Gasteiger partial charge in [-0.1, -0.05) is 20.8 Å². The van der Waals surface area contributed by atoms with Crippen molar-refractivity contribution < 1.29 is 33.3 Å². The summed E-state index contributed by atoms with van der Waals surface area (Å²) >= 11 is 0. The number of nitrogens with zero attached hydrogens (tertiary/aromatic N) is 1. The summed E-state index contributed by atoms with van der Waals surface area (Å²) in [5.41, 5.74) is 4.44. The number of aromatic amines is 1. The molecule has 0 aromatic carbocycles. The van der Waals surface area contributed by atoms with Gasteiger partial charge in [-0.05, 0) is 12.0 Å². The van der Waals surface area contributed by atoms with E-state index in [1.54, 1.807) is 13.0 Å². The number of primary amides is 1. The van der Waals surface area contributed by atoms with Crippen molar-refractivity contribution in [3.63, 3.8) is 0 Å². The van der Waals surface area contributed by atoms with E-state index in [4.69, 9.17) is 29.4 Å². The van der Waals surface area contributed by atoms with Gasteiger partial charge in [-0.25, -0.2) is 9.59 Å². The summed E-state index contributed by atoms with van der Waals surface area (Å²) in [6.07, 6.45) is -1.92. The predicted octanol–water partition coefficient (Wildman–Crippen LogP) is -0.359. The van der Waals surface area contributed by atoms with Crippen molar-refractivity contribution in [3.8, 4) is 0 Å². The Kier molecular flexibility index (Phi) is 7.40. The van der Waals surface area contributed by atoms with Crippen molar-refractivity contribution in [2.45, 2.75) is 51.6 Å². The molecule has 8 atom stereocenters. The van der Waals surface area contributed by atoms with Crippen molar-refractivity contribution in [2.24, 2.45) is 23.5 Å². The minimum Gasteiger partial charge on any atom is -0.463 e. The van der Waals surface area contributed by atoms with Crippen LogP contribution in [0.1, 0.15) is 27.0 Å². The fraction of sp³-hybridized carbons (Fsp3) is 0.619. The number of hydrogen-bond donors (Lipinski definition) is 2. The molecule has 12 nitrogen and oxygen atoms in total. The number of carbonyl (C=O) groups is 2. The van der Waals surface area contributed by atoms with Crippen LogP contribution in [0.4, 0.5) is 0 Å². The summed E-state index contributed by atoms with van der Waals surface area (Å²) in [4.78, 5) is 50.3. The number of aromatic nitrogens is 2. The molecule has 0 aliphatic carbocycles. The number of allylic oxidation sites excluding steroid dienone is 1. The Balaban J connectivity index is 1.88. The van der Waals surface area contributed by atoms with Crippen LogP contribution in [-0.4, -0.2) is 60.2 Å². The van der Waals surface area contributed by atoms with E-state index in [2.05, 4.69) is 4.98 Å². The quantitative estimate of drug-likeness (QED) is 0.510. The Morgan fingerprint density at radius 1 is 1.18 bits per heavy atom. The Morgan fingerprint density at radius 3 is 2.45 bits per heavy atom. The van der Waals surface area contributed by atoms with E-state index in [-0.39, 0.29) is 17.6 Å². The molecule has 12 heteroatoms. The highest BCUT2D eigenvalue weighted by Gasteiger charge is 2.50. The SMILES string of the molecule is COC(=O)C1=CC(C)C(C)C(OC(C(N)=O)C2OC(n3ccc(=O)[nH]c3=O)C(C)C2OC)O1. The first-order valence-corrected chi connectivity index (χ1v) is 10.5. The first-order valence-electron chi connectivity index (χ1n) is 10.5. The Labute approximate surface area is 189 Å². The Hall–Kier alpha value is -2.96. The number of nitrogens with one attached hydrogen (secondary N) is 1. The zero-order chi connectivity index (χ0) is 24.4. The lowest BCUT2D eigenvalue weighted by molar-refractivity contribution is -0.221. The zero-order valence-corrected chi connectivity index (χ0v) is 19.0. The number of carbonyl (C=O) groups excluding carboxylic acids is 2. The Morgan fingerprint density at radius 2 is 1.88 bits per heavy atom. The molecule has 0 bridgehead atoms. The van der Waals surface area contributed by atoms with Gasteiger partial charge in [-0.2, -0.15) is 0 Å². The lowest BCUT2D eigenvalue weighted by atomic mass is 9.92. The van der Waals surface area contributed by atoms with E-state index >= 15 is 0 Å². The van der Waals surface area contributed by atoms with Gasteiger partial charge in [0.1, 0.15) is 12.3 Å². The molecule has 182 valence electrons. The molecule has 3 N–H and O–H groups in total. The maximum absolute atomic E-state index is 12.4. The molecule has 1 saturated heterocycles. The molecule has 2 aliphatic heterocycles. The molecule has 1 aromatic heterocycles. The molecule has 3 heterocycles. The number of methoxy groups -OCH3 is 2. The van der Waals surface area contributed by atoms with Crippen LogP contribution in [0.3, 0.4) is 0 Å². The van der Waals surface area contributed by atoms with E-state index < -0.39 is 59.9 Å². The van der Waals surface area contributed by atoms with Crippen molar-refractivity contribution in [2.75, 3.05) is 14.2 Å². The highest BCUT2D eigenvalue weighted by Crippen LogP contribution is 2.39. The maximum Gasteiger partial charge on any atom is 0.373 e. The van der Waals surface area contributed by atoms with Crippen molar-refractivity contribution >= 4 is 11.9 Å². The number of amides is 1. The van der Waals surface area contributed by atoms with E-state index in [1.165, 1.54) is 31.0 Å². The monoisotopic (exact) mass is 467 g/mol. The molecule has 0 spiro atoms. The number of esters is 1. The van der Waals surface area contributed by atoms with Crippen LogP contribution in [0.15, 0.2) is 33.7 Å². The van der Waals surface area contributed by atoms with Crippen LogP contribution in [0.25, 0.3) is 0 Å². The van der Waals surface area contributed by atoms with Crippen LogP contribution in [-0.2, 0) is 33.3 Å². The molecule has 1 fully saturated rings. The van der Waals surface area contributed by atoms with Crippen molar-refractivity contribution in [1.82, 2.24) is 9.55 Å². The van der Waals surface area contributed by atoms with Gasteiger partial charge in [0, 0.05) is 31.2 Å². The molecule has 0 saturated carbocycles. The molecule has 2 aliphatic rings. The van der Waals surface area contributed by atoms with Gasteiger partial charge in [0.15, 0.2) is 6.10 Å². The zero-order valence-electron chi connectivity index (χ0n) is 19.0. The first kappa shape index (κ1) is 24.7. The number of rotatable bonds is 7. The summed E-state index contributed by atoms with van der Waals surface area (Å²) in [7, 11) is 2.67. The normalized spacial score (nSPS) is 32.5. The average molecular weight is 467 g/mol. The maximum atomic E-state index is 12.4. The van der Waals surface area contributed by atoms with E-state index in [9.17, 15) is 19.2 Å². The predicted molar refractivity (Wildman–Crippen MR) is 113 cm³/mol.